The predicted octanol–water partition coefficient (Wildman–Crippen LogP) is 2.45. The van der Waals surface area contributed by atoms with Crippen LogP contribution in [-0.4, -0.2) is 32.8 Å². The number of methoxy groups -OCH3 is 1. The molecule has 0 aliphatic carbocycles. The lowest BCUT2D eigenvalue weighted by Gasteiger charge is -2.17. The van der Waals surface area contributed by atoms with Crippen LogP contribution in [0.5, 0.6) is 0 Å². The second-order valence-corrected chi connectivity index (χ2v) is 4.51. The highest BCUT2D eigenvalue weighted by molar-refractivity contribution is 14.0. The fourth-order valence-electron chi connectivity index (χ4n) is 1.65. The van der Waals surface area contributed by atoms with Crippen LogP contribution in [0, 0.1) is 12.7 Å². The van der Waals surface area contributed by atoms with Crippen LogP contribution in [0.1, 0.15) is 18.1 Å². The Labute approximate surface area is 137 Å². The highest BCUT2D eigenvalue weighted by Crippen LogP contribution is 2.08. The molecule has 1 atom stereocenters. The first kappa shape index (κ1) is 19.1. The number of guanidine groups is 1. The number of nitrogens with one attached hydrogen (secondary N) is 2. The van der Waals surface area contributed by atoms with Crippen LogP contribution < -0.4 is 10.6 Å². The van der Waals surface area contributed by atoms with Crippen LogP contribution in [-0.2, 0) is 11.3 Å². The molecule has 6 heteroatoms. The third-order valence-corrected chi connectivity index (χ3v) is 2.72. The molecule has 114 valence electrons. The van der Waals surface area contributed by atoms with E-state index in [1.807, 2.05) is 13.0 Å². The van der Waals surface area contributed by atoms with Gasteiger partial charge in [0.1, 0.15) is 5.82 Å². The molecule has 0 amide bonds. The maximum Gasteiger partial charge on any atom is 0.191 e. The lowest BCUT2D eigenvalue weighted by molar-refractivity contribution is 0.179. The molecule has 2 N–H and O–H groups in total. The molecular weight excluding hydrogens is 372 g/mol. The number of hydrogen-bond acceptors (Lipinski definition) is 2. The lowest BCUT2D eigenvalue weighted by Crippen LogP contribution is -2.43. The Morgan fingerprint density at radius 2 is 2.15 bits per heavy atom. The van der Waals surface area contributed by atoms with Crippen LogP contribution in [0.25, 0.3) is 0 Å². The minimum atomic E-state index is -0.185. The molecule has 0 spiro atoms. The Kier molecular flexibility index (Phi) is 9.49. The largest absolute Gasteiger partial charge is 0.383 e. The second kappa shape index (κ2) is 9.93. The van der Waals surface area contributed by atoms with Crippen molar-refractivity contribution in [1.82, 2.24) is 10.6 Å². The fraction of sp³-hybridized carbons (Fsp3) is 0.500. The van der Waals surface area contributed by atoms with Gasteiger partial charge in [-0.05, 0) is 31.0 Å². The van der Waals surface area contributed by atoms with Crippen molar-refractivity contribution in [2.45, 2.75) is 26.4 Å². The number of aliphatic imine (C=N–C) groups is 1. The van der Waals surface area contributed by atoms with Gasteiger partial charge in [0.2, 0.25) is 0 Å². The molecule has 0 aliphatic rings. The van der Waals surface area contributed by atoms with E-state index < -0.39 is 0 Å². The number of nitrogens with zero attached hydrogens (tertiary/aromatic N) is 1. The van der Waals surface area contributed by atoms with E-state index in [-0.39, 0.29) is 35.8 Å². The summed E-state index contributed by atoms with van der Waals surface area (Å²) in [5.74, 6) is 0.487. The summed E-state index contributed by atoms with van der Waals surface area (Å²) in [6.07, 6.45) is 0. The van der Waals surface area contributed by atoms with Crippen molar-refractivity contribution in [3.8, 4) is 0 Å². The Morgan fingerprint density at radius 3 is 2.70 bits per heavy atom. The molecule has 0 aromatic heterocycles. The summed E-state index contributed by atoms with van der Waals surface area (Å²) in [5, 5.41) is 6.32. The van der Waals surface area contributed by atoms with Gasteiger partial charge in [-0.2, -0.15) is 0 Å². The van der Waals surface area contributed by atoms with Crippen molar-refractivity contribution in [1.29, 1.82) is 0 Å². The number of ether oxygens (including phenoxy) is 1. The maximum atomic E-state index is 13.4. The molecular formula is C14H23FIN3O. The van der Waals surface area contributed by atoms with Crippen molar-refractivity contribution >= 4 is 29.9 Å². The smallest absolute Gasteiger partial charge is 0.191 e. The zero-order chi connectivity index (χ0) is 14.3. The van der Waals surface area contributed by atoms with Gasteiger partial charge in [0.25, 0.3) is 0 Å². The van der Waals surface area contributed by atoms with Crippen LogP contribution in [0.15, 0.2) is 23.2 Å². The molecule has 0 radical (unpaired) electrons. The minimum absolute atomic E-state index is 0. The topological polar surface area (TPSA) is 45.7 Å². The van der Waals surface area contributed by atoms with Crippen LogP contribution in [0.2, 0.25) is 0 Å². The summed E-state index contributed by atoms with van der Waals surface area (Å²) in [7, 11) is 3.36. The first-order chi connectivity index (χ1) is 9.06. The average Bonchev–Trinajstić information content (AvgIpc) is 2.38. The molecule has 1 aromatic rings. The summed E-state index contributed by atoms with van der Waals surface area (Å²) in [6.45, 7) is 4.87. The normalized spacial score (nSPS) is 12.6. The van der Waals surface area contributed by atoms with Crippen molar-refractivity contribution in [2.75, 3.05) is 20.8 Å². The van der Waals surface area contributed by atoms with E-state index in [1.165, 1.54) is 6.07 Å². The summed E-state index contributed by atoms with van der Waals surface area (Å²) in [6, 6.07) is 5.37. The highest BCUT2D eigenvalue weighted by Gasteiger charge is 2.05. The number of halogens is 2. The van der Waals surface area contributed by atoms with E-state index in [9.17, 15) is 4.39 Å². The van der Waals surface area contributed by atoms with Gasteiger partial charge in [-0.1, -0.05) is 12.1 Å². The first-order valence-corrected chi connectivity index (χ1v) is 6.28. The number of benzene rings is 1. The van der Waals surface area contributed by atoms with Crippen molar-refractivity contribution in [3.63, 3.8) is 0 Å². The Bertz CT molecular complexity index is 440. The van der Waals surface area contributed by atoms with E-state index in [4.69, 9.17) is 4.74 Å². The molecule has 0 saturated carbocycles. The van der Waals surface area contributed by atoms with Crippen molar-refractivity contribution in [2.24, 2.45) is 4.99 Å². The van der Waals surface area contributed by atoms with Crippen molar-refractivity contribution in [3.05, 3.63) is 35.1 Å². The Hall–Kier alpha value is -0.890. The molecule has 0 heterocycles. The van der Waals surface area contributed by atoms with Gasteiger partial charge in [-0.15, -0.1) is 24.0 Å². The van der Waals surface area contributed by atoms with Crippen LogP contribution in [0.3, 0.4) is 0 Å². The summed E-state index contributed by atoms with van der Waals surface area (Å²) in [5.41, 5.74) is 1.53. The number of aryl methyl sites for hydroxylation is 1. The lowest BCUT2D eigenvalue weighted by atomic mass is 10.1. The van der Waals surface area contributed by atoms with E-state index in [0.717, 1.165) is 5.56 Å². The number of rotatable bonds is 5. The van der Waals surface area contributed by atoms with Gasteiger partial charge in [-0.25, -0.2) is 4.39 Å². The van der Waals surface area contributed by atoms with Gasteiger partial charge in [0, 0.05) is 26.7 Å². The molecule has 1 rings (SSSR count). The Balaban J connectivity index is 0.00000361. The minimum Gasteiger partial charge on any atom is -0.383 e. The summed E-state index contributed by atoms with van der Waals surface area (Å²) in [4.78, 5) is 4.11. The molecule has 1 aromatic carbocycles. The van der Waals surface area contributed by atoms with E-state index >= 15 is 0 Å². The fourth-order valence-corrected chi connectivity index (χ4v) is 1.65. The van der Waals surface area contributed by atoms with Gasteiger partial charge in [0.05, 0.1) is 6.61 Å². The Morgan fingerprint density at radius 1 is 1.45 bits per heavy atom. The van der Waals surface area contributed by atoms with Gasteiger partial charge < -0.3 is 15.4 Å². The first-order valence-electron chi connectivity index (χ1n) is 6.28. The molecule has 0 fully saturated rings. The standard InChI is InChI=1S/C14H22FN3O.HI/c1-10-5-6-12(7-13(10)15)8-17-14(16-3)18-11(2)9-19-4;/h5-7,11H,8-9H2,1-4H3,(H2,16,17,18);1H. The summed E-state index contributed by atoms with van der Waals surface area (Å²) >= 11 is 0. The molecule has 20 heavy (non-hydrogen) atoms. The molecule has 4 nitrogen and oxygen atoms in total. The van der Waals surface area contributed by atoms with Crippen LogP contribution >= 0.6 is 24.0 Å². The zero-order valence-electron chi connectivity index (χ0n) is 12.4. The van der Waals surface area contributed by atoms with E-state index in [1.54, 1.807) is 27.1 Å². The zero-order valence-corrected chi connectivity index (χ0v) is 14.7. The third kappa shape index (κ3) is 6.51. The molecule has 0 saturated heterocycles. The van der Waals surface area contributed by atoms with Gasteiger partial charge in [-0.3, -0.25) is 4.99 Å². The average molecular weight is 395 g/mol. The van der Waals surface area contributed by atoms with Crippen LogP contribution in [0.4, 0.5) is 4.39 Å². The van der Waals surface area contributed by atoms with E-state index in [0.29, 0.717) is 24.7 Å². The van der Waals surface area contributed by atoms with Gasteiger partial charge >= 0.3 is 0 Å². The van der Waals surface area contributed by atoms with Crippen molar-refractivity contribution < 1.29 is 9.13 Å². The number of hydrogen-bond donors (Lipinski definition) is 2. The SMILES string of the molecule is CN=C(NCc1ccc(C)c(F)c1)NC(C)COC.I. The maximum absolute atomic E-state index is 13.4. The quantitative estimate of drug-likeness (QED) is 0.458. The molecule has 0 aliphatic heterocycles. The van der Waals surface area contributed by atoms with E-state index in [2.05, 4.69) is 15.6 Å². The highest BCUT2D eigenvalue weighted by atomic mass is 127. The predicted molar refractivity (Wildman–Crippen MR) is 91.2 cm³/mol. The molecule has 0 bridgehead atoms. The molecule has 1 unspecified atom stereocenters. The third-order valence-electron chi connectivity index (χ3n) is 2.72. The summed E-state index contributed by atoms with van der Waals surface area (Å²) < 4.78 is 18.5. The monoisotopic (exact) mass is 395 g/mol. The van der Waals surface area contributed by atoms with Gasteiger partial charge in [0.15, 0.2) is 5.96 Å². The second-order valence-electron chi connectivity index (χ2n) is 4.51.